The predicted octanol–water partition coefficient (Wildman–Crippen LogP) is 3.55. The molecule has 1 fully saturated rings. The Balaban J connectivity index is 1.48. The van der Waals surface area contributed by atoms with Crippen molar-refractivity contribution in [1.29, 1.82) is 0 Å². The van der Waals surface area contributed by atoms with E-state index in [4.69, 9.17) is 0 Å². The maximum atomic E-state index is 13.3. The van der Waals surface area contributed by atoms with E-state index in [9.17, 15) is 14.4 Å². The minimum Gasteiger partial charge on any atom is -0.338 e. The zero-order valence-corrected chi connectivity index (χ0v) is 18.6. The second-order valence-corrected chi connectivity index (χ2v) is 8.67. The first-order valence-electron chi connectivity index (χ1n) is 11.2. The summed E-state index contributed by atoms with van der Waals surface area (Å²) in [5, 5.41) is 0. The van der Waals surface area contributed by atoms with Gasteiger partial charge in [-0.3, -0.25) is 14.4 Å². The third-order valence-electron chi connectivity index (χ3n) is 6.52. The minimum absolute atomic E-state index is 0.0976. The molecule has 0 saturated carbocycles. The van der Waals surface area contributed by atoms with Crippen LogP contribution in [0.1, 0.15) is 52.9 Å². The topological polar surface area (TPSA) is 75.2 Å². The van der Waals surface area contributed by atoms with Crippen LogP contribution in [-0.2, 0) is 6.42 Å². The second kappa shape index (κ2) is 9.39. The molecule has 0 aliphatic carbocycles. The summed E-state index contributed by atoms with van der Waals surface area (Å²) in [6.07, 6.45) is 6.19. The van der Waals surface area contributed by atoms with Gasteiger partial charge in [-0.1, -0.05) is 36.4 Å². The highest BCUT2D eigenvalue weighted by Crippen LogP contribution is 2.23. The molecule has 1 amide bonds. The molecule has 1 unspecified atom stereocenters. The number of aromatic nitrogens is 2. The van der Waals surface area contributed by atoms with Crippen LogP contribution in [0.2, 0.25) is 0 Å². The molecule has 1 aliphatic heterocycles. The summed E-state index contributed by atoms with van der Waals surface area (Å²) in [7, 11) is 0. The van der Waals surface area contributed by atoms with Crippen LogP contribution in [0.3, 0.4) is 0 Å². The Labute approximate surface area is 187 Å². The Morgan fingerprint density at radius 3 is 2.44 bits per heavy atom. The predicted molar refractivity (Wildman–Crippen MR) is 125 cm³/mol. The number of H-pyrrole nitrogens is 1. The molecule has 32 heavy (non-hydrogen) atoms. The minimum atomic E-state index is -0.235. The molecule has 3 aromatic rings. The van der Waals surface area contributed by atoms with Crippen molar-refractivity contribution in [3.8, 4) is 0 Å². The molecular weight excluding hydrogens is 402 g/mol. The summed E-state index contributed by atoms with van der Waals surface area (Å²) in [6, 6.07) is 15.0. The molecule has 0 spiro atoms. The number of pyridine rings is 2. The lowest BCUT2D eigenvalue weighted by Crippen LogP contribution is -2.42. The second-order valence-electron chi connectivity index (χ2n) is 8.67. The maximum Gasteiger partial charge on any atom is 0.264 e. The highest BCUT2D eigenvalue weighted by atomic mass is 16.2. The summed E-state index contributed by atoms with van der Waals surface area (Å²) in [6.45, 7) is 5.07. The first-order valence-corrected chi connectivity index (χ1v) is 11.2. The van der Waals surface area contributed by atoms with Crippen molar-refractivity contribution in [2.45, 2.75) is 39.2 Å². The van der Waals surface area contributed by atoms with E-state index >= 15 is 0 Å². The quantitative estimate of drug-likeness (QED) is 0.671. The van der Waals surface area contributed by atoms with Crippen LogP contribution < -0.4 is 11.1 Å². The van der Waals surface area contributed by atoms with Crippen LogP contribution in [-0.4, -0.2) is 33.4 Å². The SMILES string of the molecule is Cc1ccn(C(C)c2ccccc2)c(=O)c1C(=O)N1CCC(Cc2ccc(=O)[nH]c2)CC1. The van der Waals surface area contributed by atoms with E-state index in [1.54, 1.807) is 23.0 Å². The number of carbonyl (C=O) groups is 1. The molecule has 1 aliphatic rings. The average Bonchev–Trinajstić information content (AvgIpc) is 2.81. The lowest BCUT2D eigenvalue weighted by Gasteiger charge is -2.32. The maximum absolute atomic E-state index is 13.3. The van der Waals surface area contributed by atoms with Crippen molar-refractivity contribution in [3.63, 3.8) is 0 Å². The summed E-state index contributed by atoms with van der Waals surface area (Å²) in [5.74, 6) is 0.279. The van der Waals surface area contributed by atoms with Crippen LogP contribution in [0.4, 0.5) is 0 Å². The number of nitrogens with zero attached hydrogens (tertiary/aromatic N) is 2. The summed E-state index contributed by atoms with van der Waals surface area (Å²) in [4.78, 5) is 42.4. The van der Waals surface area contributed by atoms with Gasteiger partial charge < -0.3 is 14.5 Å². The first kappa shape index (κ1) is 21.8. The van der Waals surface area contributed by atoms with Gasteiger partial charge in [0, 0.05) is 31.5 Å². The van der Waals surface area contributed by atoms with Gasteiger partial charge in [-0.15, -0.1) is 0 Å². The molecule has 0 bridgehead atoms. The lowest BCUT2D eigenvalue weighted by molar-refractivity contribution is 0.0687. The molecule has 3 heterocycles. The number of carbonyl (C=O) groups excluding carboxylic acids is 1. The molecule has 1 atom stereocenters. The fourth-order valence-corrected chi connectivity index (χ4v) is 4.50. The Morgan fingerprint density at radius 2 is 1.78 bits per heavy atom. The number of piperidine rings is 1. The smallest absolute Gasteiger partial charge is 0.264 e. The summed E-state index contributed by atoms with van der Waals surface area (Å²) >= 11 is 0. The zero-order valence-electron chi connectivity index (χ0n) is 18.6. The number of rotatable bonds is 5. The van der Waals surface area contributed by atoms with Gasteiger partial charge in [-0.05, 0) is 61.8 Å². The van der Waals surface area contributed by atoms with Gasteiger partial charge in [0.25, 0.3) is 11.5 Å². The largest absolute Gasteiger partial charge is 0.338 e. The Morgan fingerprint density at radius 1 is 1.06 bits per heavy atom. The third-order valence-corrected chi connectivity index (χ3v) is 6.52. The zero-order chi connectivity index (χ0) is 22.7. The molecule has 6 nitrogen and oxygen atoms in total. The van der Waals surface area contributed by atoms with Crippen molar-refractivity contribution >= 4 is 5.91 Å². The van der Waals surface area contributed by atoms with E-state index in [-0.39, 0.29) is 28.6 Å². The molecule has 1 aromatic carbocycles. The van der Waals surface area contributed by atoms with Crippen molar-refractivity contribution < 1.29 is 4.79 Å². The standard InChI is InChI=1S/C26H29N3O3/c1-18-10-15-29(19(2)22-6-4-3-5-7-22)26(32)24(18)25(31)28-13-11-20(12-14-28)16-21-8-9-23(30)27-17-21/h3-10,15,17,19-20H,11-14,16H2,1-2H3,(H,27,30). The molecule has 4 rings (SSSR count). The van der Waals surface area contributed by atoms with Gasteiger partial charge in [-0.2, -0.15) is 0 Å². The summed E-state index contributed by atoms with van der Waals surface area (Å²) in [5.41, 5.74) is 2.79. The van der Waals surface area contributed by atoms with Crippen LogP contribution >= 0.6 is 0 Å². The molecule has 6 heteroatoms. The van der Waals surface area contributed by atoms with Crippen LogP contribution in [0.5, 0.6) is 0 Å². The number of likely N-dealkylation sites (tertiary alicyclic amines) is 1. The van der Waals surface area contributed by atoms with Gasteiger partial charge in [0.05, 0.1) is 6.04 Å². The Bertz CT molecular complexity index is 1180. The Kier molecular flexibility index (Phi) is 6.40. The van der Waals surface area contributed by atoms with Crippen LogP contribution in [0.25, 0.3) is 0 Å². The summed E-state index contributed by atoms with van der Waals surface area (Å²) < 4.78 is 1.65. The first-order chi connectivity index (χ1) is 15.4. The van der Waals surface area contributed by atoms with Gasteiger partial charge in [-0.25, -0.2) is 0 Å². The van der Waals surface area contributed by atoms with Gasteiger partial charge in [0.15, 0.2) is 0 Å². The third kappa shape index (κ3) is 4.59. The molecule has 1 saturated heterocycles. The fraction of sp³-hybridized carbons (Fsp3) is 0.346. The molecule has 166 valence electrons. The van der Waals surface area contributed by atoms with Crippen molar-refractivity contribution in [2.24, 2.45) is 5.92 Å². The van der Waals surface area contributed by atoms with E-state index in [0.717, 1.165) is 30.4 Å². The van der Waals surface area contributed by atoms with Gasteiger partial charge >= 0.3 is 0 Å². The molecule has 0 radical (unpaired) electrons. The number of amides is 1. The van der Waals surface area contributed by atoms with Crippen LogP contribution in [0.15, 0.2) is 70.5 Å². The molecule has 2 aromatic heterocycles. The van der Waals surface area contributed by atoms with Gasteiger partial charge in [0.2, 0.25) is 5.56 Å². The highest BCUT2D eigenvalue weighted by Gasteiger charge is 2.27. The number of aryl methyl sites for hydroxylation is 1. The van der Waals surface area contributed by atoms with Crippen molar-refractivity contribution in [1.82, 2.24) is 14.5 Å². The molecule has 1 N–H and O–H groups in total. The van der Waals surface area contributed by atoms with Crippen molar-refractivity contribution in [2.75, 3.05) is 13.1 Å². The van der Waals surface area contributed by atoms with E-state index in [0.29, 0.717) is 24.6 Å². The van der Waals surface area contributed by atoms with E-state index in [1.165, 1.54) is 0 Å². The van der Waals surface area contributed by atoms with Crippen LogP contribution in [0, 0.1) is 12.8 Å². The number of aromatic amines is 1. The average molecular weight is 432 g/mol. The Hall–Kier alpha value is -3.41. The fourth-order valence-electron chi connectivity index (χ4n) is 4.50. The number of hydrogen-bond donors (Lipinski definition) is 1. The number of benzene rings is 1. The van der Waals surface area contributed by atoms with E-state index in [1.807, 2.05) is 61.2 Å². The highest BCUT2D eigenvalue weighted by molar-refractivity contribution is 5.95. The molecular formula is C26H29N3O3. The van der Waals surface area contributed by atoms with Crippen molar-refractivity contribution in [3.05, 3.63) is 104 Å². The van der Waals surface area contributed by atoms with E-state index < -0.39 is 0 Å². The normalized spacial score (nSPS) is 15.5. The monoisotopic (exact) mass is 431 g/mol. The number of hydrogen-bond acceptors (Lipinski definition) is 3. The number of nitrogens with one attached hydrogen (secondary N) is 1. The van der Waals surface area contributed by atoms with E-state index in [2.05, 4.69) is 4.98 Å². The lowest BCUT2D eigenvalue weighted by atomic mass is 9.90. The van der Waals surface area contributed by atoms with Gasteiger partial charge in [0.1, 0.15) is 5.56 Å².